The number of carbonyl (C=O) groups is 1. The Morgan fingerprint density at radius 2 is 2.00 bits per heavy atom. The summed E-state index contributed by atoms with van der Waals surface area (Å²) in [5.41, 5.74) is 3.24. The lowest BCUT2D eigenvalue weighted by Crippen LogP contribution is -2.48. The second-order valence-corrected chi connectivity index (χ2v) is 9.99. The third-order valence-corrected chi connectivity index (χ3v) is 6.83. The summed E-state index contributed by atoms with van der Waals surface area (Å²) in [5, 5.41) is 11.1. The fourth-order valence-corrected chi connectivity index (χ4v) is 4.67. The SMILES string of the molecule is Cn1ccc2cc(-c3nc4nc(OC5CCN(C(=O)C(C)(C)CO)CC5)[nH]c4cc3Cl)ccc21. The van der Waals surface area contributed by atoms with E-state index in [0.29, 0.717) is 53.8 Å². The number of rotatable bonds is 5. The van der Waals surface area contributed by atoms with Crippen LogP contribution in [0.25, 0.3) is 33.3 Å². The number of hydrogen-bond acceptors (Lipinski definition) is 5. The van der Waals surface area contributed by atoms with E-state index in [4.69, 9.17) is 21.3 Å². The van der Waals surface area contributed by atoms with Crippen LogP contribution in [0.4, 0.5) is 0 Å². The molecule has 1 saturated heterocycles. The van der Waals surface area contributed by atoms with E-state index >= 15 is 0 Å². The van der Waals surface area contributed by atoms with Crippen LogP contribution < -0.4 is 4.74 Å². The predicted molar refractivity (Wildman–Crippen MR) is 132 cm³/mol. The standard InChI is InChI=1S/C25H28ClN5O3/c1-25(2,14-32)23(33)31-10-7-17(8-11-31)34-24-27-19-13-18(26)21(28-22(19)29-24)16-4-5-20-15(12-16)6-9-30(20)3/h4-6,9,12-13,17,32H,7-8,10-11,14H2,1-3H3,(H,27,28,29). The van der Waals surface area contributed by atoms with Crippen LogP contribution in [-0.4, -0.2) is 61.2 Å². The van der Waals surface area contributed by atoms with Crippen LogP contribution in [0.3, 0.4) is 0 Å². The minimum atomic E-state index is -0.764. The number of halogens is 1. The third-order valence-electron chi connectivity index (χ3n) is 6.55. The number of ether oxygens (including phenoxy) is 1. The van der Waals surface area contributed by atoms with E-state index in [1.165, 1.54) is 0 Å². The number of benzene rings is 1. The molecule has 1 aromatic carbocycles. The van der Waals surface area contributed by atoms with Crippen molar-refractivity contribution in [1.82, 2.24) is 24.4 Å². The number of fused-ring (bicyclic) bond motifs is 2. The minimum absolute atomic E-state index is 0.0303. The number of aryl methyl sites for hydroxylation is 1. The van der Waals surface area contributed by atoms with Crippen LogP contribution in [0.15, 0.2) is 36.5 Å². The zero-order valence-corrected chi connectivity index (χ0v) is 20.3. The normalized spacial score (nSPS) is 15.4. The molecule has 1 aliphatic rings. The molecule has 34 heavy (non-hydrogen) atoms. The van der Waals surface area contributed by atoms with Crippen molar-refractivity contribution >= 4 is 39.6 Å². The summed E-state index contributed by atoms with van der Waals surface area (Å²) in [6, 6.07) is 10.4. The van der Waals surface area contributed by atoms with Crippen LogP contribution in [0, 0.1) is 5.41 Å². The molecule has 0 spiro atoms. The number of likely N-dealkylation sites (tertiary alicyclic amines) is 1. The molecule has 1 aliphatic heterocycles. The molecular formula is C25H28ClN5O3. The van der Waals surface area contributed by atoms with E-state index in [2.05, 4.69) is 32.7 Å². The monoisotopic (exact) mass is 481 g/mol. The maximum atomic E-state index is 12.6. The molecule has 5 rings (SSSR count). The fourth-order valence-electron chi connectivity index (χ4n) is 4.41. The van der Waals surface area contributed by atoms with Gasteiger partial charge in [-0.15, -0.1) is 0 Å². The molecular weight excluding hydrogens is 454 g/mol. The van der Waals surface area contributed by atoms with Crippen molar-refractivity contribution in [1.29, 1.82) is 0 Å². The van der Waals surface area contributed by atoms with E-state index in [-0.39, 0.29) is 18.6 Å². The number of pyridine rings is 1. The molecule has 0 atom stereocenters. The van der Waals surface area contributed by atoms with Crippen LogP contribution in [0.1, 0.15) is 26.7 Å². The van der Waals surface area contributed by atoms with Crippen molar-refractivity contribution in [2.45, 2.75) is 32.8 Å². The molecule has 178 valence electrons. The Labute approximate surface area is 202 Å². The van der Waals surface area contributed by atoms with Gasteiger partial charge in [-0.3, -0.25) is 4.79 Å². The highest BCUT2D eigenvalue weighted by Crippen LogP contribution is 2.32. The highest BCUT2D eigenvalue weighted by molar-refractivity contribution is 6.33. The van der Waals surface area contributed by atoms with Gasteiger partial charge in [0.25, 0.3) is 6.01 Å². The Morgan fingerprint density at radius 3 is 2.74 bits per heavy atom. The van der Waals surface area contributed by atoms with Crippen molar-refractivity contribution in [2.24, 2.45) is 12.5 Å². The molecule has 0 aliphatic carbocycles. The number of aliphatic hydroxyl groups is 1. The smallest absolute Gasteiger partial charge is 0.296 e. The van der Waals surface area contributed by atoms with Gasteiger partial charge in [0.15, 0.2) is 5.65 Å². The zero-order valence-electron chi connectivity index (χ0n) is 19.5. The largest absolute Gasteiger partial charge is 0.461 e. The van der Waals surface area contributed by atoms with Gasteiger partial charge in [0, 0.05) is 55.6 Å². The lowest BCUT2D eigenvalue weighted by Gasteiger charge is -2.36. The number of piperidine rings is 1. The summed E-state index contributed by atoms with van der Waals surface area (Å²) in [4.78, 5) is 26.8. The van der Waals surface area contributed by atoms with Crippen molar-refractivity contribution in [3.05, 3.63) is 41.6 Å². The Hall–Kier alpha value is -3.10. The van der Waals surface area contributed by atoms with Gasteiger partial charge in [-0.05, 0) is 38.1 Å². The first-order valence-electron chi connectivity index (χ1n) is 11.4. The first-order valence-corrected chi connectivity index (χ1v) is 11.8. The van der Waals surface area contributed by atoms with Crippen molar-refractivity contribution in [3.8, 4) is 17.3 Å². The van der Waals surface area contributed by atoms with Crippen molar-refractivity contribution in [2.75, 3.05) is 19.7 Å². The third kappa shape index (κ3) is 4.12. The average Bonchev–Trinajstić information content (AvgIpc) is 3.40. The second kappa shape index (κ2) is 8.60. The minimum Gasteiger partial charge on any atom is -0.461 e. The molecule has 4 aromatic rings. The number of hydrogen-bond donors (Lipinski definition) is 2. The Morgan fingerprint density at radius 1 is 1.24 bits per heavy atom. The molecule has 2 N–H and O–H groups in total. The summed E-state index contributed by atoms with van der Waals surface area (Å²) >= 11 is 6.58. The molecule has 0 radical (unpaired) electrons. The molecule has 8 nitrogen and oxygen atoms in total. The number of amides is 1. The number of nitrogens with one attached hydrogen (secondary N) is 1. The van der Waals surface area contributed by atoms with Crippen LogP contribution in [0.2, 0.25) is 5.02 Å². The molecule has 4 heterocycles. The quantitative estimate of drug-likeness (QED) is 0.446. The lowest BCUT2D eigenvalue weighted by molar-refractivity contribution is -0.144. The Kier molecular flexibility index (Phi) is 5.73. The molecule has 0 saturated carbocycles. The van der Waals surface area contributed by atoms with E-state index in [1.54, 1.807) is 18.7 Å². The average molecular weight is 482 g/mol. The summed E-state index contributed by atoms with van der Waals surface area (Å²) in [7, 11) is 2.02. The molecule has 0 unspecified atom stereocenters. The molecule has 1 fully saturated rings. The van der Waals surface area contributed by atoms with E-state index < -0.39 is 5.41 Å². The van der Waals surface area contributed by atoms with Crippen LogP contribution in [0.5, 0.6) is 6.01 Å². The number of aromatic nitrogens is 4. The van der Waals surface area contributed by atoms with Gasteiger partial charge in [0.2, 0.25) is 5.91 Å². The number of aliphatic hydroxyl groups excluding tert-OH is 1. The van der Waals surface area contributed by atoms with E-state index in [9.17, 15) is 9.90 Å². The predicted octanol–water partition coefficient (Wildman–Crippen LogP) is 4.16. The first-order chi connectivity index (χ1) is 16.2. The molecule has 0 bridgehead atoms. The van der Waals surface area contributed by atoms with E-state index in [0.717, 1.165) is 16.5 Å². The Bertz CT molecular complexity index is 1370. The molecule has 3 aromatic heterocycles. The maximum Gasteiger partial charge on any atom is 0.296 e. The van der Waals surface area contributed by atoms with Crippen LogP contribution in [-0.2, 0) is 11.8 Å². The van der Waals surface area contributed by atoms with Gasteiger partial charge in [0.1, 0.15) is 6.10 Å². The number of aromatic amines is 1. The topological polar surface area (TPSA) is 96.3 Å². The summed E-state index contributed by atoms with van der Waals surface area (Å²) in [6.45, 7) is 4.53. The van der Waals surface area contributed by atoms with Gasteiger partial charge < -0.3 is 24.3 Å². The van der Waals surface area contributed by atoms with Crippen molar-refractivity contribution < 1.29 is 14.6 Å². The molecule has 1 amide bonds. The van der Waals surface area contributed by atoms with Crippen molar-refractivity contribution in [3.63, 3.8) is 0 Å². The first kappa shape index (κ1) is 22.7. The summed E-state index contributed by atoms with van der Waals surface area (Å²) in [5.74, 6) is -0.0303. The molecule has 9 heteroatoms. The lowest BCUT2D eigenvalue weighted by atomic mass is 9.91. The highest BCUT2D eigenvalue weighted by atomic mass is 35.5. The van der Waals surface area contributed by atoms with Gasteiger partial charge >= 0.3 is 0 Å². The van der Waals surface area contributed by atoms with Gasteiger partial charge in [-0.2, -0.15) is 4.98 Å². The summed E-state index contributed by atoms with van der Waals surface area (Å²) in [6.07, 6.45) is 3.36. The van der Waals surface area contributed by atoms with Gasteiger partial charge in [0.05, 0.1) is 28.3 Å². The van der Waals surface area contributed by atoms with Gasteiger partial charge in [-0.25, -0.2) is 4.98 Å². The number of imidazole rings is 1. The van der Waals surface area contributed by atoms with Gasteiger partial charge in [-0.1, -0.05) is 17.7 Å². The van der Waals surface area contributed by atoms with E-state index in [1.807, 2.05) is 25.4 Å². The summed E-state index contributed by atoms with van der Waals surface area (Å²) < 4.78 is 8.16. The fraction of sp³-hybridized carbons (Fsp3) is 0.400. The Balaban J connectivity index is 1.31. The number of H-pyrrole nitrogens is 1. The van der Waals surface area contributed by atoms with Crippen LogP contribution >= 0.6 is 11.6 Å². The second-order valence-electron chi connectivity index (χ2n) is 9.58. The zero-order chi connectivity index (χ0) is 24.0. The number of nitrogens with zero attached hydrogens (tertiary/aromatic N) is 4. The number of carbonyl (C=O) groups excluding carboxylic acids is 1. The maximum absolute atomic E-state index is 12.6. The highest BCUT2D eigenvalue weighted by Gasteiger charge is 2.34.